The van der Waals surface area contributed by atoms with Crippen LogP contribution in [0.25, 0.3) is 0 Å². The van der Waals surface area contributed by atoms with Crippen LogP contribution in [0.4, 0.5) is 5.69 Å². The summed E-state index contributed by atoms with van der Waals surface area (Å²) >= 11 is 0. The van der Waals surface area contributed by atoms with Gasteiger partial charge in [0.05, 0.1) is 0 Å². The molecule has 3 heteroatoms. The Kier molecular flexibility index (Phi) is 4.91. The van der Waals surface area contributed by atoms with Gasteiger partial charge in [0.2, 0.25) is 5.91 Å². The molecular formula is C15H24N2O. The summed E-state index contributed by atoms with van der Waals surface area (Å²) in [5.41, 5.74) is 10.4. The van der Waals surface area contributed by atoms with Gasteiger partial charge in [-0.25, -0.2) is 0 Å². The van der Waals surface area contributed by atoms with Crippen molar-refractivity contribution in [2.45, 2.75) is 46.6 Å². The molecule has 1 rings (SSSR count). The molecule has 0 aliphatic heterocycles. The van der Waals surface area contributed by atoms with Gasteiger partial charge in [-0.1, -0.05) is 6.07 Å². The molecule has 0 fully saturated rings. The lowest BCUT2D eigenvalue weighted by Crippen LogP contribution is -2.28. The van der Waals surface area contributed by atoms with E-state index in [0.717, 1.165) is 12.1 Å². The molecule has 18 heavy (non-hydrogen) atoms. The highest BCUT2D eigenvalue weighted by Crippen LogP contribution is 2.25. The van der Waals surface area contributed by atoms with E-state index in [1.165, 1.54) is 16.7 Å². The van der Waals surface area contributed by atoms with Crippen LogP contribution in [0, 0.1) is 20.8 Å². The van der Waals surface area contributed by atoms with Crippen LogP contribution in [0.15, 0.2) is 12.1 Å². The lowest BCUT2D eigenvalue weighted by molar-refractivity contribution is -0.118. The third-order valence-electron chi connectivity index (χ3n) is 3.58. The Morgan fingerprint density at radius 2 is 1.89 bits per heavy atom. The number of rotatable bonds is 4. The van der Waals surface area contributed by atoms with Gasteiger partial charge in [0.1, 0.15) is 0 Å². The zero-order chi connectivity index (χ0) is 13.9. The highest BCUT2D eigenvalue weighted by Gasteiger charge is 2.14. The van der Waals surface area contributed by atoms with Gasteiger partial charge in [-0.2, -0.15) is 0 Å². The van der Waals surface area contributed by atoms with E-state index in [-0.39, 0.29) is 11.9 Å². The van der Waals surface area contributed by atoms with Gasteiger partial charge >= 0.3 is 0 Å². The van der Waals surface area contributed by atoms with E-state index in [1.54, 1.807) is 4.90 Å². The zero-order valence-electron chi connectivity index (χ0n) is 12.1. The maximum absolute atomic E-state index is 12.1. The van der Waals surface area contributed by atoms with Gasteiger partial charge in [-0.05, 0) is 56.9 Å². The van der Waals surface area contributed by atoms with E-state index in [1.807, 2.05) is 20.0 Å². The molecule has 1 unspecified atom stereocenters. The minimum absolute atomic E-state index is 0.0724. The number of carbonyl (C=O) groups excluding carboxylic acids is 1. The Bertz CT molecular complexity index is 438. The molecule has 2 N–H and O–H groups in total. The number of hydrogen-bond acceptors (Lipinski definition) is 2. The van der Waals surface area contributed by atoms with E-state index in [9.17, 15) is 4.79 Å². The molecule has 0 saturated heterocycles. The average molecular weight is 248 g/mol. The zero-order valence-corrected chi connectivity index (χ0v) is 12.1. The minimum atomic E-state index is 0.0724. The number of nitrogens with two attached hydrogens (primary N) is 1. The molecule has 0 bridgehead atoms. The molecule has 1 amide bonds. The van der Waals surface area contributed by atoms with Crippen molar-refractivity contribution in [3.05, 3.63) is 28.8 Å². The summed E-state index contributed by atoms with van der Waals surface area (Å²) in [4.78, 5) is 13.8. The molecule has 0 aromatic heterocycles. The second kappa shape index (κ2) is 6.01. The molecule has 0 spiro atoms. The second-order valence-corrected chi connectivity index (χ2v) is 5.12. The fraction of sp³-hybridized carbons (Fsp3) is 0.533. The second-order valence-electron chi connectivity index (χ2n) is 5.12. The van der Waals surface area contributed by atoms with E-state index >= 15 is 0 Å². The van der Waals surface area contributed by atoms with Crippen LogP contribution >= 0.6 is 0 Å². The SMILES string of the molecule is Cc1ccc(N(C)C(=O)CCC(C)N)c(C)c1C. The quantitative estimate of drug-likeness (QED) is 0.890. The van der Waals surface area contributed by atoms with Gasteiger partial charge in [-0.15, -0.1) is 0 Å². The van der Waals surface area contributed by atoms with Gasteiger partial charge < -0.3 is 10.6 Å². The molecule has 1 atom stereocenters. The molecule has 1 aromatic carbocycles. The summed E-state index contributed by atoms with van der Waals surface area (Å²) in [6.45, 7) is 8.17. The normalized spacial score (nSPS) is 12.3. The lowest BCUT2D eigenvalue weighted by atomic mass is 10.0. The minimum Gasteiger partial charge on any atom is -0.328 e. The van der Waals surface area contributed by atoms with Crippen molar-refractivity contribution in [3.8, 4) is 0 Å². The van der Waals surface area contributed by atoms with E-state index < -0.39 is 0 Å². The van der Waals surface area contributed by atoms with Gasteiger partial charge in [0.25, 0.3) is 0 Å². The first-order valence-electron chi connectivity index (χ1n) is 6.43. The summed E-state index contributed by atoms with van der Waals surface area (Å²) in [5.74, 6) is 0.124. The molecule has 0 radical (unpaired) electrons. The Labute approximate surface area is 110 Å². The molecule has 0 saturated carbocycles. The number of carbonyl (C=O) groups is 1. The van der Waals surface area contributed by atoms with Crippen molar-refractivity contribution in [2.24, 2.45) is 5.73 Å². The molecule has 0 heterocycles. The molecule has 0 aliphatic carbocycles. The van der Waals surface area contributed by atoms with Crippen LogP contribution in [0.1, 0.15) is 36.5 Å². The number of benzene rings is 1. The first-order chi connectivity index (χ1) is 8.34. The van der Waals surface area contributed by atoms with Crippen LogP contribution in [0.5, 0.6) is 0 Å². The molecule has 100 valence electrons. The van der Waals surface area contributed by atoms with Crippen LogP contribution in [-0.4, -0.2) is 19.0 Å². The van der Waals surface area contributed by atoms with Crippen molar-refractivity contribution in [1.82, 2.24) is 0 Å². The Hall–Kier alpha value is -1.35. The Balaban J connectivity index is 2.87. The number of amides is 1. The molecule has 0 aliphatic rings. The smallest absolute Gasteiger partial charge is 0.226 e. The molecular weight excluding hydrogens is 224 g/mol. The van der Waals surface area contributed by atoms with Crippen molar-refractivity contribution >= 4 is 11.6 Å². The largest absolute Gasteiger partial charge is 0.328 e. The number of anilines is 1. The maximum Gasteiger partial charge on any atom is 0.226 e. The van der Waals surface area contributed by atoms with Crippen LogP contribution in [-0.2, 0) is 4.79 Å². The Morgan fingerprint density at radius 3 is 2.44 bits per heavy atom. The number of hydrogen-bond donors (Lipinski definition) is 1. The van der Waals surface area contributed by atoms with Gasteiger partial charge in [0.15, 0.2) is 0 Å². The fourth-order valence-corrected chi connectivity index (χ4v) is 1.96. The van der Waals surface area contributed by atoms with E-state index in [0.29, 0.717) is 6.42 Å². The predicted octanol–water partition coefficient (Wildman–Crippen LogP) is 2.70. The van der Waals surface area contributed by atoms with Crippen molar-refractivity contribution in [2.75, 3.05) is 11.9 Å². The van der Waals surface area contributed by atoms with Crippen molar-refractivity contribution in [1.29, 1.82) is 0 Å². The van der Waals surface area contributed by atoms with E-state index in [2.05, 4.69) is 26.8 Å². The fourth-order valence-electron chi connectivity index (χ4n) is 1.96. The highest BCUT2D eigenvalue weighted by atomic mass is 16.2. The van der Waals surface area contributed by atoms with Crippen molar-refractivity contribution < 1.29 is 4.79 Å². The first kappa shape index (κ1) is 14.7. The first-order valence-corrected chi connectivity index (χ1v) is 6.43. The van der Waals surface area contributed by atoms with Crippen LogP contribution in [0.2, 0.25) is 0 Å². The number of nitrogens with zero attached hydrogens (tertiary/aromatic N) is 1. The van der Waals surface area contributed by atoms with Gasteiger partial charge in [0, 0.05) is 25.2 Å². The summed E-state index contributed by atoms with van der Waals surface area (Å²) in [5, 5.41) is 0. The maximum atomic E-state index is 12.1. The van der Waals surface area contributed by atoms with Crippen molar-refractivity contribution in [3.63, 3.8) is 0 Å². The summed E-state index contributed by atoms with van der Waals surface area (Å²) in [7, 11) is 1.83. The third kappa shape index (κ3) is 3.33. The third-order valence-corrected chi connectivity index (χ3v) is 3.58. The Morgan fingerprint density at radius 1 is 1.28 bits per heavy atom. The summed E-state index contributed by atoms with van der Waals surface area (Å²) in [6, 6.07) is 4.15. The van der Waals surface area contributed by atoms with Gasteiger partial charge in [-0.3, -0.25) is 4.79 Å². The van der Waals surface area contributed by atoms with E-state index in [4.69, 9.17) is 5.73 Å². The average Bonchev–Trinajstić information content (AvgIpc) is 2.32. The predicted molar refractivity (Wildman–Crippen MR) is 76.9 cm³/mol. The lowest BCUT2D eigenvalue weighted by Gasteiger charge is -2.22. The summed E-state index contributed by atoms with van der Waals surface area (Å²) < 4.78 is 0. The summed E-state index contributed by atoms with van der Waals surface area (Å²) in [6.07, 6.45) is 1.23. The standard InChI is InChI=1S/C15H24N2O/c1-10-6-8-14(13(4)12(10)3)17(5)15(18)9-7-11(2)16/h6,8,11H,7,9,16H2,1-5H3. The molecule has 3 nitrogen and oxygen atoms in total. The highest BCUT2D eigenvalue weighted by molar-refractivity contribution is 5.93. The monoisotopic (exact) mass is 248 g/mol. The molecule has 1 aromatic rings. The van der Waals surface area contributed by atoms with Crippen LogP contribution < -0.4 is 10.6 Å². The van der Waals surface area contributed by atoms with Crippen LogP contribution in [0.3, 0.4) is 0 Å². The topological polar surface area (TPSA) is 46.3 Å². The number of aryl methyl sites for hydroxylation is 1.